The molecule has 0 saturated heterocycles. The molecule has 8 aliphatic carbocycles. The van der Waals surface area contributed by atoms with Gasteiger partial charge in [0.05, 0.1) is 37.5 Å². The van der Waals surface area contributed by atoms with Crippen molar-refractivity contribution >= 4 is 23.5 Å². The Morgan fingerprint density at radius 3 is 1.24 bits per heavy atom. The monoisotopic (exact) mass is 981 g/mol. The summed E-state index contributed by atoms with van der Waals surface area (Å²) in [5, 5.41) is 72.3. The molecule has 0 amide bonds. The summed E-state index contributed by atoms with van der Waals surface area (Å²) < 4.78 is 0. The van der Waals surface area contributed by atoms with Gasteiger partial charge in [0.15, 0.2) is 0 Å². The van der Waals surface area contributed by atoms with Crippen molar-refractivity contribution in [1.29, 1.82) is 0 Å². The van der Waals surface area contributed by atoms with Gasteiger partial charge in [0, 0.05) is 23.8 Å². The number of carboxylic acids is 2. The van der Waals surface area contributed by atoms with Crippen molar-refractivity contribution in [2.45, 2.75) is 182 Å². The minimum Gasteiger partial charge on any atom is -0.550 e. The molecule has 0 radical (unpaired) electrons. The van der Waals surface area contributed by atoms with Crippen LogP contribution in [0.1, 0.15) is 157 Å². The maximum atomic E-state index is 13.2. The summed E-state index contributed by atoms with van der Waals surface area (Å²) in [5.74, 6) is 1.84. The van der Waals surface area contributed by atoms with Gasteiger partial charge < -0.3 is 50.9 Å². The van der Waals surface area contributed by atoms with Gasteiger partial charge in [-0.25, -0.2) is 0 Å². The third-order valence-corrected chi connectivity index (χ3v) is 22.2. The third-order valence-electron chi connectivity index (χ3n) is 22.2. The Morgan fingerprint density at radius 1 is 0.552 bits per heavy atom. The Balaban J connectivity index is 0.000000218. The summed E-state index contributed by atoms with van der Waals surface area (Å²) >= 11 is 0. The molecule has 382 valence electrons. The van der Waals surface area contributed by atoms with Gasteiger partial charge in [-0.2, -0.15) is 0 Å². The normalized spacial score (nSPS) is 47.1. The smallest absolute Gasteiger partial charge is 0.550 e. The summed E-state index contributed by atoms with van der Waals surface area (Å²) in [5.41, 5.74) is -0.154. The molecule has 0 aromatic rings. The summed E-state index contributed by atoms with van der Waals surface area (Å²) in [4.78, 5) is 48.5. The van der Waals surface area contributed by atoms with Gasteiger partial charge in [0.25, 0.3) is 0 Å². The number of aliphatic hydroxyl groups is 4. The van der Waals surface area contributed by atoms with Crippen molar-refractivity contribution in [2.24, 2.45) is 105 Å². The zero-order valence-corrected chi connectivity index (χ0v) is 43.2. The first-order valence-corrected chi connectivity index (χ1v) is 26.5. The third kappa shape index (κ3) is 9.80. The minimum atomic E-state index is -0.969. The van der Waals surface area contributed by atoms with Crippen LogP contribution in [0.2, 0.25) is 0 Å². The predicted molar refractivity (Wildman–Crippen MR) is 248 cm³/mol. The molecule has 6 N–H and O–H groups in total. The van der Waals surface area contributed by atoms with Gasteiger partial charge in [0.2, 0.25) is 0 Å². The number of carbonyl (C=O) groups is 4. The van der Waals surface area contributed by atoms with Crippen molar-refractivity contribution in [3.05, 3.63) is 0 Å². The van der Waals surface area contributed by atoms with Gasteiger partial charge in [-0.1, -0.05) is 41.5 Å². The van der Waals surface area contributed by atoms with Crippen LogP contribution >= 0.6 is 0 Å². The number of likely N-dealkylation sites (N-methyl/N-ethyl adjacent to an activating group) is 2. The maximum absolute atomic E-state index is 13.2. The van der Waals surface area contributed by atoms with Crippen molar-refractivity contribution in [3.63, 3.8) is 0 Å². The molecular weight excluding hydrogens is 892 g/mol. The van der Waals surface area contributed by atoms with Crippen molar-refractivity contribution in [2.75, 3.05) is 27.2 Å². The molecule has 10 unspecified atom stereocenters. The van der Waals surface area contributed by atoms with E-state index in [1.807, 2.05) is 0 Å². The molecule has 12 nitrogen and oxygen atoms in total. The number of Topliss-reactive ketones (excluding diaryl/α,β-unsaturated/α-hetero) is 2. The molecule has 0 aromatic carbocycles. The largest absolute Gasteiger partial charge is 2.00 e. The fraction of sp³-hybridized carbons (Fsp3) is 0.926. The van der Waals surface area contributed by atoms with Crippen LogP contribution < -0.4 is 20.8 Å². The standard InChI is InChI=1S/2C27H45NO5.Fe/c2*1-15(5-8-24(32)33)18-6-7-19-25-20(9-10-26(18,19)2)27(3)16(12-22(25)30)11-17(29)13-21(27)23(31)14-28-4;/h2*15-22,25,28-30H,5-14H2,1-4H3,(H,32,33);/q;;+2/p-2/t2*15-,16?,17+,18-,19?,20?,21?,22-,25?,26-,27+;/m11./s1. The molecule has 8 rings (SSSR count). The van der Waals surface area contributed by atoms with E-state index in [0.717, 1.165) is 51.4 Å². The van der Waals surface area contributed by atoms with Gasteiger partial charge >= 0.3 is 17.1 Å². The van der Waals surface area contributed by atoms with Gasteiger partial charge in [-0.15, -0.1) is 0 Å². The van der Waals surface area contributed by atoms with Crippen LogP contribution in [-0.2, 0) is 36.2 Å². The van der Waals surface area contributed by atoms with E-state index in [1.54, 1.807) is 14.1 Å². The quantitative estimate of drug-likeness (QED) is 0.134. The minimum absolute atomic E-state index is 0. The molecule has 0 spiro atoms. The predicted octanol–water partition coefficient (Wildman–Crippen LogP) is 4.31. The molecule has 8 aliphatic rings. The summed E-state index contributed by atoms with van der Waals surface area (Å²) in [7, 11) is 3.60. The van der Waals surface area contributed by atoms with Crippen LogP contribution in [0.15, 0.2) is 0 Å². The Morgan fingerprint density at radius 2 is 0.910 bits per heavy atom. The van der Waals surface area contributed by atoms with Gasteiger partial charge in [-0.3, -0.25) is 9.59 Å². The summed E-state index contributed by atoms with van der Waals surface area (Å²) in [6.45, 7) is 14.4. The molecule has 0 aliphatic heterocycles. The van der Waals surface area contributed by atoms with E-state index in [0.29, 0.717) is 112 Å². The van der Waals surface area contributed by atoms with Crippen LogP contribution in [0.3, 0.4) is 0 Å². The number of carboxylic acid groups (broad SMARTS) is 2. The van der Waals surface area contributed by atoms with Gasteiger partial charge in [-0.05, 0) is 222 Å². The Labute approximate surface area is 412 Å². The Bertz CT molecular complexity index is 1650. The summed E-state index contributed by atoms with van der Waals surface area (Å²) in [6, 6.07) is 0. The van der Waals surface area contributed by atoms with Crippen LogP contribution in [0.4, 0.5) is 0 Å². The number of aliphatic carboxylic acids is 2. The fourth-order valence-corrected chi connectivity index (χ4v) is 19.2. The first kappa shape index (κ1) is 54.9. The van der Waals surface area contributed by atoms with Crippen LogP contribution in [0.5, 0.6) is 0 Å². The molecule has 13 heteroatoms. The average Bonchev–Trinajstić information content (AvgIpc) is 3.80. The van der Waals surface area contributed by atoms with Crippen LogP contribution in [0, 0.1) is 105 Å². The molecule has 0 bridgehead atoms. The first-order valence-electron chi connectivity index (χ1n) is 26.5. The first-order chi connectivity index (χ1) is 31.1. The second kappa shape index (κ2) is 21.3. The molecular formula is C54H88FeN2O10. The zero-order valence-electron chi connectivity index (χ0n) is 42.1. The topological polar surface area (TPSA) is 219 Å². The van der Waals surface area contributed by atoms with Crippen molar-refractivity contribution in [3.8, 4) is 0 Å². The zero-order chi connectivity index (χ0) is 48.3. The number of aliphatic hydroxyl groups excluding tert-OH is 4. The number of rotatable bonds is 14. The van der Waals surface area contributed by atoms with Crippen LogP contribution in [-0.4, -0.2) is 95.5 Å². The van der Waals surface area contributed by atoms with E-state index in [4.69, 9.17) is 0 Å². The van der Waals surface area contributed by atoms with E-state index in [1.165, 1.54) is 0 Å². The van der Waals surface area contributed by atoms with Crippen molar-refractivity contribution in [1.82, 2.24) is 10.6 Å². The second-order valence-electron chi connectivity index (χ2n) is 24.9. The Kier molecular flexibility index (Phi) is 17.5. The number of hydrogen-bond donors (Lipinski definition) is 6. The van der Waals surface area contributed by atoms with E-state index in [-0.39, 0.29) is 111 Å². The van der Waals surface area contributed by atoms with E-state index < -0.39 is 24.1 Å². The SMILES string of the molecule is CNCC(=O)C1C[C@@H](O)CC2C[C@@H](O)C3C(CC[C@@]4(C)C3CC[C@@H]4[C@H](C)CCC(=O)[O-])[C@]21C.CNCC(=O)C1C[C@@H](O)CC2C[C@@H](O)C3C(CC[C@@]4(C)C3CC[C@@H]4[C@H](C)CCC(=O)[O-])[C@]21C.[Fe+2]. The van der Waals surface area contributed by atoms with E-state index >= 15 is 0 Å². The summed E-state index contributed by atoms with van der Waals surface area (Å²) in [6.07, 6.45) is 12.1. The number of carbonyl (C=O) groups excluding carboxylic acids is 4. The molecule has 0 heterocycles. The number of fused-ring (bicyclic) bond motifs is 10. The molecule has 22 atom stereocenters. The number of hydrogen-bond acceptors (Lipinski definition) is 12. The molecule has 8 fully saturated rings. The maximum Gasteiger partial charge on any atom is 2.00 e. The van der Waals surface area contributed by atoms with Crippen molar-refractivity contribution < 1.29 is 66.9 Å². The number of nitrogens with one attached hydrogen (secondary N) is 2. The molecule has 67 heavy (non-hydrogen) atoms. The number of ketones is 2. The van der Waals surface area contributed by atoms with E-state index in [2.05, 4.69) is 52.2 Å². The fourth-order valence-electron chi connectivity index (χ4n) is 19.2. The van der Waals surface area contributed by atoms with Crippen LogP contribution in [0.25, 0.3) is 0 Å². The Hall–Kier alpha value is -1.44. The average molecular weight is 981 g/mol. The second-order valence-corrected chi connectivity index (χ2v) is 24.9. The molecule has 8 saturated carbocycles. The molecule has 0 aromatic heterocycles. The van der Waals surface area contributed by atoms with Gasteiger partial charge in [0.1, 0.15) is 11.6 Å². The van der Waals surface area contributed by atoms with E-state index in [9.17, 15) is 49.8 Å².